The van der Waals surface area contributed by atoms with Gasteiger partial charge in [-0.1, -0.05) is 17.7 Å². The van der Waals surface area contributed by atoms with Gasteiger partial charge in [0.2, 0.25) is 10.0 Å². The summed E-state index contributed by atoms with van der Waals surface area (Å²) in [4.78, 5) is 11.9. The van der Waals surface area contributed by atoms with Crippen LogP contribution in [0.3, 0.4) is 0 Å². The molecule has 6 nitrogen and oxygen atoms in total. The number of halogens is 1. The van der Waals surface area contributed by atoms with E-state index in [1.807, 2.05) is 0 Å². The molecule has 0 amide bonds. The van der Waals surface area contributed by atoms with Gasteiger partial charge in [-0.25, -0.2) is 8.42 Å². The van der Waals surface area contributed by atoms with Crippen molar-refractivity contribution in [3.63, 3.8) is 0 Å². The number of methoxy groups -OCH3 is 1. The van der Waals surface area contributed by atoms with E-state index in [1.165, 1.54) is 32.2 Å². The molecule has 0 aliphatic carbocycles. The van der Waals surface area contributed by atoms with Gasteiger partial charge < -0.3 is 9.84 Å². The van der Waals surface area contributed by atoms with Crippen LogP contribution in [0.5, 0.6) is 0 Å². The molecular formula is C13H16ClNO5S. The molecule has 116 valence electrons. The molecule has 1 aromatic carbocycles. The highest BCUT2D eigenvalue weighted by atomic mass is 35.5. The van der Waals surface area contributed by atoms with Crippen LogP contribution in [0.15, 0.2) is 29.2 Å². The standard InChI is InChI=1S/C13H16ClNO5S/c1-13(12(17)20-2)7-10(16)8-15(13)21(18,19)11-5-3-4-9(14)6-11/h3-6,10,16H,7-8H2,1-2H3/t10?,13-/m0/s1. The van der Waals surface area contributed by atoms with Crippen LogP contribution in [0.25, 0.3) is 0 Å². The van der Waals surface area contributed by atoms with Crippen molar-refractivity contribution in [3.05, 3.63) is 29.3 Å². The third-order valence-corrected chi connectivity index (χ3v) is 5.79. The van der Waals surface area contributed by atoms with Gasteiger partial charge in [0.15, 0.2) is 0 Å². The highest BCUT2D eigenvalue weighted by Crippen LogP contribution is 2.36. The van der Waals surface area contributed by atoms with Crippen molar-refractivity contribution >= 4 is 27.6 Å². The Labute approximate surface area is 128 Å². The van der Waals surface area contributed by atoms with Gasteiger partial charge in [-0.2, -0.15) is 4.31 Å². The van der Waals surface area contributed by atoms with Gasteiger partial charge >= 0.3 is 5.97 Å². The van der Waals surface area contributed by atoms with Crippen LogP contribution in [-0.2, 0) is 19.6 Å². The Hall–Kier alpha value is -1.15. The Morgan fingerprint density at radius 1 is 1.52 bits per heavy atom. The minimum atomic E-state index is -3.97. The summed E-state index contributed by atoms with van der Waals surface area (Å²) in [5.74, 6) is -0.704. The molecule has 1 aliphatic heterocycles. The van der Waals surface area contributed by atoms with Crippen molar-refractivity contribution in [3.8, 4) is 0 Å². The fourth-order valence-electron chi connectivity index (χ4n) is 2.54. The van der Waals surface area contributed by atoms with Crippen LogP contribution in [-0.4, -0.2) is 49.1 Å². The van der Waals surface area contributed by atoms with E-state index < -0.39 is 27.6 Å². The number of carbonyl (C=O) groups is 1. The molecule has 0 spiro atoms. The average molecular weight is 334 g/mol. The smallest absolute Gasteiger partial charge is 0.327 e. The summed E-state index contributed by atoms with van der Waals surface area (Å²) < 4.78 is 31.1. The van der Waals surface area contributed by atoms with E-state index >= 15 is 0 Å². The molecule has 0 bridgehead atoms. The predicted octanol–water partition coefficient (Wildman–Crippen LogP) is 1.03. The lowest BCUT2D eigenvalue weighted by atomic mass is 10.00. The van der Waals surface area contributed by atoms with E-state index in [-0.39, 0.29) is 22.9 Å². The fourth-order valence-corrected chi connectivity index (χ4v) is 4.62. The predicted molar refractivity (Wildman–Crippen MR) is 76.4 cm³/mol. The average Bonchev–Trinajstić information content (AvgIpc) is 2.75. The molecular weight excluding hydrogens is 318 g/mol. The number of esters is 1. The zero-order chi connectivity index (χ0) is 15.8. The third kappa shape index (κ3) is 2.78. The van der Waals surface area contributed by atoms with Crippen LogP contribution in [0.1, 0.15) is 13.3 Å². The maximum absolute atomic E-state index is 12.7. The monoisotopic (exact) mass is 333 g/mol. The third-order valence-electron chi connectivity index (χ3n) is 3.57. The van der Waals surface area contributed by atoms with E-state index in [4.69, 9.17) is 11.6 Å². The minimum absolute atomic E-state index is 0.0144. The van der Waals surface area contributed by atoms with E-state index in [9.17, 15) is 18.3 Å². The van der Waals surface area contributed by atoms with Gasteiger partial charge in [0.1, 0.15) is 5.54 Å². The Kier molecular flexibility index (Phi) is 4.30. The van der Waals surface area contributed by atoms with Crippen molar-refractivity contribution in [1.29, 1.82) is 0 Å². The van der Waals surface area contributed by atoms with Gasteiger partial charge in [-0.05, 0) is 25.1 Å². The largest absolute Gasteiger partial charge is 0.468 e. The van der Waals surface area contributed by atoms with Crippen molar-refractivity contribution in [2.75, 3.05) is 13.7 Å². The molecule has 0 radical (unpaired) electrons. The van der Waals surface area contributed by atoms with Gasteiger partial charge in [0.25, 0.3) is 0 Å². The molecule has 21 heavy (non-hydrogen) atoms. The number of benzene rings is 1. The topological polar surface area (TPSA) is 83.9 Å². The van der Waals surface area contributed by atoms with Gasteiger partial charge in [0, 0.05) is 18.0 Å². The summed E-state index contributed by atoms with van der Waals surface area (Å²) in [6, 6.07) is 5.76. The first-order chi connectivity index (χ1) is 9.71. The summed E-state index contributed by atoms with van der Waals surface area (Å²) >= 11 is 5.82. The summed E-state index contributed by atoms with van der Waals surface area (Å²) in [7, 11) is -2.79. The maximum Gasteiger partial charge on any atom is 0.327 e. The molecule has 1 fully saturated rings. The number of sulfonamides is 1. The molecule has 1 heterocycles. The molecule has 1 aliphatic rings. The minimum Gasteiger partial charge on any atom is -0.468 e. The van der Waals surface area contributed by atoms with Crippen LogP contribution in [0.2, 0.25) is 5.02 Å². The van der Waals surface area contributed by atoms with E-state index in [0.29, 0.717) is 0 Å². The molecule has 1 aromatic rings. The molecule has 1 saturated heterocycles. The molecule has 0 aromatic heterocycles. The normalized spacial score (nSPS) is 26.8. The lowest BCUT2D eigenvalue weighted by molar-refractivity contribution is -0.150. The summed E-state index contributed by atoms with van der Waals surface area (Å²) in [5, 5.41) is 10.1. The SMILES string of the molecule is COC(=O)[C@]1(C)CC(O)CN1S(=O)(=O)c1cccc(Cl)c1. The lowest BCUT2D eigenvalue weighted by Gasteiger charge is -2.31. The zero-order valence-corrected chi connectivity index (χ0v) is 13.2. The van der Waals surface area contributed by atoms with Gasteiger partial charge in [-0.3, -0.25) is 4.79 Å². The Morgan fingerprint density at radius 3 is 2.76 bits per heavy atom. The summed E-state index contributed by atoms with van der Waals surface area (Å²) in [5.41, 5.74) is -1.44. The number of aliphatic hydroxyl groups excluding tert-OH is 1. The molecule has 2 atom stereocenters. The first kappa shape index (κ1) is 16.2. The van der Waals surface area contributed by atoms with Crippen LogP contribution in [0.4, 0.5) is 0 Å². The van der Waals surface area contributed by atoms with E-state index in [0.717, 1.165) is 4.31 Å². The van der Waals surface area contributed by atoms with Crippen molar-refractivity contribution < 1.29 is 23.1 Å². The van der Waals surface area contributed by atoms with Crippen molar-refractivity contribution in [1.82, 2.24) is 4.31 Å². The van der Waals surface area contributed by atoms with Gasteiger partial charge in [-0.15, -0.1) is 0 Å². The van der Waals surface area contributed by atoms with Crippen molar-refractivity contribution in [2.24, 2.45) is 0 Å². The fraction of sp³-hybridized carbons (Fsp3) is 0.462. The number of nitrogens with zero attached hydrogens (tertiary/aromatic N) is 1. The lowest BCUT2D eigenvalue weighted by Crippen LogP contribution is -2.51. The number of carbonyl (C=O) groups excluding carboxylic acids is 1. The number of ether oxygens (including phenoxy) is 1. The first-order valence-electron chi connectivity index (χ1n) is 6.26. The van der Waals surface area contributed by atoms with Crippen LogP contribution in [0, 0.1) is 0 Å². The Morgan fingerprint density at radius 2 is 2.19 bits per heavy atom. The second-order valence-corrected chi connectivity index (χ2v) is 7.42. The number of β-amino-alcohol motifs (C(OH)–C–C–N with tert-alkyl or cyclic N) is 1. The number of aliphatic hydroxyl groups is 1. The first-order valence-corrected chi connectivity index (χ1v) is 8.08. The number of rotatable bonds is 3. The Balaban J connectivity index is 2.50. The Bertz CT molecular complexity index is 662. The van der Waals surface area contributed by atoms with Crippen LogP contribution >= 0.6 is 11.6 Å². The molecule has 1 N–H and O–H groups in total. The zero-order valence-electron chi connectivity index (χ0n) is 11.6. The quantitative estimate of drug-likeness (QED) is 0.835. The van der Waals surface area contributed by atoms with Crippen molar-refractivity contribution in [2.45, 2.75) is 29.9 Å². The van der Waals surface area contributed by atoms with Gasteiger partial charge in [0.05, 0.1) is 18.1 Å². The molecule has 1 unspecified atom stereocenters. The highest BCUT2D eigenvalue weighted by molar-refractivity contribution is 7.89. The summed E-state index contributed by atoms with van der Waals surface area (Å²) in [6.45, 7) is 1.28. The maximum atomic E-state index is 12.7. The highest BCUT2D eigenvalue weighted by Gasteiger charge is 2.53. The number of hydrogen-bond donors (Lipinski definition) is 1. The number of hydrogen-bond acceptors (Lipinski definition) is 5. The van der Waals surface area contributed by atoms with Crippen LogP contribution < -0.4 is 0 Å². The summed E-state index contributed by atoms with van der Waals surface area (Å²) in [6.07, 6.45) is -0.942. The molecule has 0 saturated carbocycles. The van der Waals surface area contributed by atoms with E-state index in [1.54, 1.807) is 6.07 Å². The second-order valence-electron chi connectivity index (χ2n) is 5.12. The second kappa shape index (κ2) is 5.57. The molecule has 8 heteroatoms. The molecule has 2 rings (SSSR count). The van der Waals surface area contributed by atoms with E-state index in [2.05, 4.69) is 4.74 Å².